The van der Waals surface area contributed by atoms with Crippen LogP contribution in [0.2, 0.25) is 0 Å². The Hall–Kier alpha value is -2.52. The van der Waals surface area contributed by atoms with E-state index in [0.29, 0.717) is 23.0 Å². The molecule has 2 aliphatic rings. The van der Waals surface area contributed by atoms with Gasteiger partial charge in [-0.2, -0.15) is 0 Å². The van der Waals surface area contributed by atoms with Crippen LogP contribution in [-0.4, -0.2) is 44.0 Å². The number of fused-ring (bicyclic) bond motifs is 1. The minimum atomic E-state index is -3.82. The van der Waals surface area contributed by atoms with Crippen LogP contribution in [0.4, 0.5) is 11.4 Å². The van der Waals surface area contributed by atoms with Gasteiger partial charge < -0.3 is 10.2 Å². The molecule has 2 amide bonds. The van der Waals surface area contributed by atoms with Crippen LogP contribution < -0.4 is 10.0 Å². The number of rotatable bonds is 6. The number of carbonyl (C=O) groups is 2. The highest BCUT2D eigenvalue weighted by atomic mass is 32.2. The van der Waals surface area contributed by atoms with Crippen molar-refractivity contribution in [3.8, 4) is 0 Å². The molecular weight excluding hydrogens is 458 g/mol. The van der Waals surface area contributed by atoms with Crippen LogP contribution >= 0.6 is 11.8 Å². The molecule has 2 aromatic rings. The summed E-state index contributed by atoms with van der Waals surface area (Å²) in [6, 6.07) is 12.0. The molecule has 0 bridgehead atoms. The third-order valence-corrected chi connectivity index (χ3v) is 8.65. The lowest BCUT2D eigenvalue weighted by Gasteiger charge is -2.18. The predicted octanol–water partition coefficient (Wildman–Crippen LogP) is 4.28. The van der Waals surface area contributed by atoms with Crippen LogP contribution in [0.25, 0.3) is 0 Å². The molecular formula is C24H29N3O4S2. The normalized spacial score (nSPS) is 18.6. The summed E-state index contributed by atoms with van der Waals surface area (Å²) in [6.07, 6.45) is 2.19. The molecule has 0 saturated carbocycles. The number of hydrogen-bond acceptors (Lipinski definition) is 5. The van der Waals surface area contributed by atoms with E-state index in [-0.39, 0.29) is 23.1 Å². The minimum absolute atomic E-state index is 0.00941. The number of nitrogens with zero attached hydrogens (tertiary/aromatic N) is 1. The molecule has 0 spiro atoms. The molecule has 0 aromatic heterocycles. The molecule has 1 fully saturated rings. The largest absolute Gasteiger partial charge is 0.343 e. The molecule has 2 N–H and O–H groups in total. The van der Waals surface area contributed by atoms with Crippen molar-refractivity contribution >= 4 is 45.0 Å². The molecule has 2 heterocycles. The fraction of sp³-hybridized carbons (Fsp3) is 0.417. The standard InChI is InChI=1S/C24H29N3O4S2/c1-16(2)17-5-7-19(8-6-17)26-33(30,31)20-9-10-22-21(14-20)25-24(29)18(15-32-22)13-23(28)27-11-3-4-12-27/h5-10,14,16,18,26H,3-4,11-13,15H2,1-2H3,(H,25,29)/t18-/m1/s1. The number of nitrogens with one attached hydrogen (secondary N) is 2. The Labute approximate surface area is 199 Å². The molecule has 33 heavy (non-hydrogen) atoms. The topological polar surface area (TPSA) is 95.6 Å². The summed E-state index contributed by atoms with van der Waals surface area (Å²) in [4.78, 5) is 28.0. The Morgan fingerprint density at radius 1 is 1.15 bits per heavy atom. The summed E-state index contributed by atoms with van der Waals surface area (Å²) < 4.78 is 28.5. The number of benzene rings is 2. The van der Waals surface area contributed by atoms with E-state index in [2.05, 4.69) is 23.9 Å². The SMILES string of the molecule is CC(C)c1ccc(NS(=O)(=O)c2ccc3c(c2)NC(=O)[C@H](CC(=O)N2CCCC2)CS3)cc1. The zero-order valence-electron chi connectivity index (χ0n) is 18.8. The van der Waals surface area contributed by atoms with Gasteiger partial charge in [-0.15, -0.1) is 11.8 Å². The first kappa shape index (κ1) is 23.6. The predicted molar refractivity (Wildman–Crippen MR) is 131 cm³/mol. The maximum Gasteiger partial charge on any atom is 0.261 e. The average Bonchev–Trinajstić information content (AvgIpc) is 3.27. The van der Waals surface area contributed by atoms with E-state index in [1.807, 2.05) is 17.0 Å². The smallest absolute Gasteiger partial charge is 0.261 e. The van der Waals surface area contributed by atoms with Crippen molar-refractivity contribution in [2.24, 2.45) is 5.92 Å². The summed E-state index contributed by atoms with van der Waals surface area (Å²) in [5.74, 6) is 0.144. The molecule has 176 valence electrons. The first-order valence-corrected chi connectivity index (χ1v) is 13.7. The molecule has 0 aliphatic carbocycles. The maximum absolute atomic E-state index is 12.9. The van der Waals surface area contributed by atoms with E-state index >= 15 is 0 Å². The van der Waals surface area contributed by atoms with Crippen LogP contribution in [0.3, 0.4) is 0 Å². The lowest BCUT2D eigenvalue weighted by Crippen LogP contribution is -2.33. The van der Waals surface area contributed by atoms with Gasteiger partial charge >= 0.3 is 0 Å². The van der Waals surface area contributed by atoms with Crippen molar-refractivity contribution in [3.63, 3.8) is 0 Å². The van der Waals surface area contributed by atoms with Gasteiger partial charge in [-0.05, 0) is 54.7 Å². The molecule has 1 saturated heterocycles. The number of carbonyl (C=O) groups excluding carboxylic acids is 2. The van der Waals surface area contributed by atoms with Gasteiger partial charge in [0.2, 0.25) is 11.8 Å². The third kappa shape index (κ3) is 5.52. The highest BCUT2D eigenvalue weighted by Gasteiger charge is 2.30. The highest BCUT2D eigenvalue weighted by molar-refractivity contribution is 7.99. The minimum Gasteiger partial charge on any atom is -0.343 e. The Morgan fingerprint density at radius 3 is 2.52 bits per heavy atom. The van der Waals surface area contributed by atoms with Crippen LogP contribution in [0.15, 0.2) is 52.3 Å². The second-order valence-corrected chi connectivity index (χ2v) is 11.6. The van der Waals surface area contributed by atoms with Gasteiger partial charge in [-0.3, -0.25) is 14.3 Å². The fourth-order valence-electron chi connectivity index (χ4n) is 4.01. The van der Waals surface area contributed by atoms with Crippen LogP contribution in [-0.2, 0) is 19.6 Å². The lowest BCUT2D eigenvalue weighted by atomic mass is 10.0. The Balaban J connectivity index is 1.47. The first-order chi connectivity index (χ1) is 15.7. The van der Waals surface area contributed by atoms with E-state index in [9.17, 15) is 18.0 Å². The third-order valence-electron chi connectivity index (χ3n) is 6.04. The second-order valence-electron chi connectivity index (χ2n) is 8.83. The summed E-state index contributed by atoms with van der Waals surface area (Å²) in [7, 11) is -3.82. The van der Waals surface area contributed by atoms with Crippen molar-refractivity contribution < 1.29 is 18.0 Å². The van der Waals surface area contributed by atoms with Crippen LogP contribution in [0.1, 0.15) is 44.6 Å². The van der Waals surface area contributed by atoms with Gasteiger partial charge in [0.1, 0.15) is 0 Å². The van der Waals surface area contributed by atoms with Crippen molar-refractivity contribution in [1.82, 2.24) is 4.90 Å². The average molecular weight is 488 g/mol. The van der Waals surface area contributed by atoms with Crippen molar-refractivity contribution in [3.05, 3.63) is 48.0 Å². The maximum atomic E-state index is 12.9. The zero-order valence-corrected chi connectivity index (χ0v) is 20.5. The first-order valence-electron chi connectivity index (χ1n) is 11.2. The Bertz CT molecular complexity index is 1140. The molecule has 0 unspecified atom stereocenters. The number of thioether (sulfide) groups is 1. The Morgan fingerprint density at radius 2 is 1.85 bits per heavy atom. The van der Waals surface area contributed by atoms with Gasteiger partial charge in [-0.1, -0.05) is 26.0 Å². The number of anilines is 2. The van der Waals surface area contributed by atoms with Crippen molar-refractivity contribution in [1.29, 1.82) is 0 Å². The summed E-state index contributed by atoms with van der Waals surface area (Å²) in [5, 5.41) is 2.84. The van der Waals surface area contributed by atoms with E-state index in [1.165, 1.54) is 17.8 Å². The highest BCUT2D eigenvalue weighted by Crippen LogP contribution is 2.35. The van der Waals surface area contributed by atoms with Crippen molar-refractivity contribution in [2.75, 3.05) is 28.9 Å². The molecule has 0 radical (unpaired) electrons. The number of sulfonamides is 1. The molecule has 4 rings (SSSR count). The second kappa shape index (κ2) is 9.77. The summed E-state index contributed by atoms with van der Waals surface area (Å²) in [5.41, 5.74) is 2.06. The van der Waals surface area contributed by atoms with E-state index in [1.54, 1.807) is 24.3 Å². The molecule has 7 nitrogen and oxygen atoms in total. The van der Waals surface area contributed by atoms with Crippen molar-refractivity contribution in [2.45, 2.75) is 48.8 Å². The van der Waals surface area contributed by atoms with Gasteiger partial charge in [0.25, 0.3) is 10.0 Å². The lowest BCUT2D eigenvalue weighted by molar-refractivity contribution is -0.133. The Kier molecular flexibility index (Phi) is 6.99. The molecule has 2 aromatic carbocycles. The van der Waals surface area contributed by atoms with Crippen LogP contribution in [0.5, 0.6) is 0 Å². The quantitative estimate of drug-likeness (QED) is 0.634. The number of likely N-dealkylation sites (tertiary alicyclic amines) is 1. The van der Waals surface area contributed by atoms with E-state index in [4.69, 9.17) is 0 Å². The van der Waals surface area contributed by atoms with E-state index < -0.39 is 15.9 Å². The number of amides is 2. The number of hydrogen-bond donors (Lipinski definition) is 2. The van der Waals surface area contributed by atoms with E-state index in [0.717, 1.165) is 36.4 Å². The molecule has 1 atom stereocenters. The van der Waals surface area contributed by atoms with Gasteiger partial charge in [0.15, 0.2) is 0 Å². The van der Waals surface area contributed by atoms with Gasteiger partial charge in [-0.25, -0.2) is 8.42 Å². The van der Waals surface area contributed by atoms with Crippen LogP contribution in [0, 0.1) is 5.92 Å². The van der Waals surface area contributed by atoms with Gasteiger partial charge in [0.05, 0.1) is 16.5 Å². The summed E-state index contributed by atoms with van der Waals surface area (Å²) >= 11 is 1.46. The van der Waals surface area contributed by atoms with Gasteiger partial charge in [0, 0.05) is 35.8 Å². The molecule has 2 aliphatic heterocycles. The fourth-order valence-corrected chi connectivity index (χ4v) is 6.17. The molecule has 9 heteroatoms. The monoisotopic (exact) mass is 487 g/mol. The summed E-state index contributed by atoms with van der Waals surface area (Å²) in [6.45, 7) is 5.67. The zero-order chi connectivity index (χ0) is 23.6.